The maximum Gasteiger partial charge on any atom is 0.303 e. The van der Waals surface area contributed by atoms with Crippen LogP contribution in [0.1, 0.15) is 96.8 Å². The normalized spacial score (nSPS) is 14.6. The van der Waals surface area contributed by atoms with Crippen molar-refractivity contribution in [2.75, 3.05) is 0 Å². The molecule has 0 saturated heterocycles. The van der Waals surface area contributed by atoms with Gasteiger partial charge in [-0.2, -0.15) is 0 Å². The summed E-state index contributed by atoms with van der Waals surface area (Å²) in [6.45, 7) is 2.23. The number of allylic oxidation sites excluding steroid dienone is 6. The second-order valence-corrected chi connectivity index (χ2v) is 8.19. The second kappa shape index (κ2) is 23.7. The van der Waals surface area contributed by atoms with Gasteiger partial charge in [0.05, 0.1) is 12.2 Å². The fourth-order valence-electron chi connectivity index (χ4n) is 3.04. The van der Waals surface area contributed by atoms with E-state index in [0.717, 1.165) is 12.8 Å². The molecule has 0 bridgehead atoms. The molecule has 182 valence electrons. The number of rotatable bonds is 21. The molecular weight excluding hydrogens is 400 g/mol. The molecular formula is C28H46O4. The third-order valence-electron chi connectivity index (χ3n) is 4.98. The standard InChI is InChI=1S/C28H46O4/c1-2-3-4-5-6-7-8-9-10-11-12-16-21-26(29)22-17-13-14-18-23-27(30)24-19-15-20-25-28(31)32/h6-7,12,14-19,22,26-27,29-30H,2-5,8-11,13,20-21,23-25H2,1H3,(H,31,32). The summed E-state index contributed by atoms with van der Waals surface area (Å²) in [6.07, 6.45) is 32.1. The zero-order valence-corrected chi connectivity index (χ0v) is 20.1. The summed E-state index contributed by atoms with van der Waals surface area (Å²) in [5.41, 5.74) is 0. The molecule has 4 nitrogen and oxygen atoms in total. The van der Waals surface area contributed by atoms with E-state index in [-0.39, 0.29) is 6.42 Å². The van der Waals surface area contributed by atoms with Crippen LogP contribution in [0.15, 0.2) is 60.8 Å². The first-order valence-electron chi connectivity index (χ1n) is 12.4. The van der Waals surface area contributed by atoms with Crippen LogP contribution >= 0.6 is 0 Å². The number of carboxylic acids is 1. The van der Waals surface area contributed by atoms with Gasteiger partial charge >= 0.3 is 5.97 Å². The third kappa shape index (κ3) is 24.4. The molecule has 0 saturated carbocycles. The molecule has 2 atom stereocenters. The topological polar surface area (TPSA) is 77.8 Å². The lowest BCUT2D eigenvalue weighted by Crippen LogP contribution is -2.02. The highest BCUT2D eigenvalue weighted by atomic mass is 16.4. The zero-order chi connectivity index (χ0) is 23.7. The van der Waals surface area contributed by atoms with Crippen molar-refractivity contribution in [1.82, 2.24) is 0 Å². The fraction of sp³-hybridized carbons (Fsp3) is 0.607. The first-order valence-corrected chi connectivity index (χ1v) is 12.4. The Morgan fingerprint density at radius 1 is 0.688 bits per heavy atom. The summed E-state index contributed by atoms with van der Waals surface area (Å²) in [6, 6.07) is 0. The molecule has 0 aliphatic heterocycles. The van der Waals surface area contributed by atoms with Crippen LogP contribution in [0.4, 0.5) is 0 Å². The van der Waals surface area contributed by atoms with Crippen molar-refractivity contribution in [2.24, 2.45) is 0 Å². The summed E-state index contributed by atoms with van der Waals surface area (Å²) in [5.74, 6) is -0.806. The van der Waals surface area contributed by atoms with Crippen molar-refractivity contribution in [1.29, 1.82) is 0 Å². The van der Waals surface area contributed by atoms with Crippen molar-refractivity contribution in [3.05, 3.63) is 60.8 Å². The predicted molar refractivity (Wildman–Crippen MR) is 136 cm³/mol. The molecule has 0 fully saturated rings. The van der Waals surface area contributed by atoms with E-state index in [1.54, 1.807) is 6.08 Å². The second-order valence-electron chi connectivity index (χ2n) is 8.19. The van der Waals surface area contributed by atoms with E-state index in [0.29, 0.717) is 25.7 Å². The highest BCUT2D eigenvalue weighted by Crippen LogP contribution is 2.06. The monoisotopic (exact) mass is 446 g/mol. The van der Waals surface area contributed by atoms with Gasteiger partial charge in [-0.05, 0) is 70.6 Å². The lowest BCUT2D eigenvalue weighted by atomic mass is 10.1. The Bertz CT molecular complexity index is 572. The van der Waals surface area contributed by atoms with Crippen molar-refractivity contribution in [2.45, 2.75) is 109 Å². The molecule has 0 amide bonds. The molecule has 0 aromatic heterocycles. The van der Waals surface area contributed by atoms with Gasteiger partial charge in [0.2, 0.25) is 0 Å². The Morgan fingerprint density at radius 2 is 1.22 bits per heavy atom. The van der Waals surface area contributed by atoms with E-state index in [2.05, 4.69) is 31.2 Å². The maximum absolute atomic E-state index is 10.4. The summed E-state index contributed by atoms with van der Waals surface area (Å²) in [5, 5.41) is 28.4. The SMILES string of the molecule is CCCCCC=CCCCCC=CCC(O)C=CCC=CCC(O)CC=CCCC(=O)O. The van der Waals surface area contributed by atoms with Gasteiger partial charge in [-0.1, -0.05) is 80.5 Å². The minimum absolute atomic E-state index is 0.123. The number of carboxylic acid groups (broad SMARTS) is 1. The number of hydrogen-bond acceptors (Lipinski definition) is 3. The average Bonchev–Trinajstić information content (AvgIpc) is 2.76. The van der Waals surface area contributed by atoms with E-state index in [4.69, 9.17) is 5.11 Å². The van der Waals surface area contributed by atoms with Crippen LogP contribution in [0.2, 0.25) is 0 Å². The van der Waals surface area contributed by atoms with Gasteiger partial charge in [-0.25, -0.2) is 0 Å². The number of aliphatic hydroxyl groups excluding tert-OH is 2. The highest BCUT2D eigenvalue weighted by Gasteiger charge is 1.98. The molecule has 0 radical (unpaired) electrons. The fourth-order valence-corrected chi connectivity index (χ4v) is 3.04. The summed E-state index contributed by atoms with van der Waals surface area (Å²) < 4.78 is 0. The van der Waals surface area contributed by atoms with E-state index in [1.807, 2.05) is 30.4 Å². The Morgan fingerprint density at radius 3 is 1.84 bits per heavy atom. The quantitative estimate of drug-likeness (QED) is 0.130. The first kappa shape index (κ1) is 30.1. The van der Waals surface area contributed by atoms with Crippen LogP contribution in [0.25, 0.3) is 0 Å². The van der Waals surface area contributed by atoms with Crippen LogP contribution in [-0.4, -0.2) is 33.5 Å². The molecule has 3 N–H and O–H groups in total. The van der Waals surface area contributed by atoms with E-state index in [9.17, 15) is 15.0 Å². The van der Waals surface area contributed by atoms with Gasteiger partial charge in [0.25, 0.3) is 0 Å². The summed E-state index contributed by atoms with van der Waals surface area (Å²) in [7, 11) is 0. The highest BCUT2D eigenvalue weighted by molar-refractivity contribution is 5.66. The zero-order valence-electron chi connectivity index (χ0n) is 20.1. The predicted octanol–water partition coefficient (Wildman–Crippen LogP) is 7.06. The molecule has 0 spiro atoms. The third-order valence-corrected chi connectivity index (χ3v) is 4.98. The number of carbonyl (C=O) groups is 1. The molecule has 0 aromatic rings. The molecule has 0 rings (SSSR count). The van der Waals surface area contributed by atoms with Crippen LogP contribution in [-0.2, 0) is 4.79 Å². The summed E-state index contributed by atoms with van der Waals surface area (Å²) >= 11 is 0. The number of aliphatic carboxylic acids is 1. The van der Waals surface area contributed by atoms with E-state index >= 15 is 0 Å². The molecule has 32 heavy (non-hydrogen) atoms. The largest absolute Gasteiger partial charge is 0.481 e. The Kier molecular flexibility index (Phi) is 22.3. The van der Waals surface area contributed by atoms with Gasteiger partial charge in [0, 0.05) is 6.42 Å². The smallest absolute Gasteiger partial charge is 0.303 e. The molecule has 2 unspecified atom stereocenters. The maximum atomic E-state index is 10.4. The lowest BCUT2D eigenvalue weighted by Gasteiger charge is -2.03. The first-order chi connectivity index (χ1) is 15.6. The minimum atomic E-state index is -0.806. The van der Waals surface area contributed by atoms with Crippen LogP contribution in [0.3, 0.4) is 0 Å². The van der Waals surface area contributed by atoms with Gasteiger partial charge in [0.15, 0.2) is 0 Å². The number of unbranched alkanes of at least 4 members (excludes halogenated alkanes) is 6. The van der Waals surface area contributed by atoms with Gasteiger partial charge in [0.1, 0.15) is 0 Å². The Labute approximate surface area is 196 Å². The van der Waals surface area contributed by atoms with Gasteiger partial charge < -0.3 is 15.3 Å². The van der Waals surface area contributed by atoms with Gasteiger partial charge in [-0.3, -0.25) is 4.79 Å². The van der Waals surface area contributed by atoms with E-state index < -0.39 is 18.2 Å². The Hall–Kier alpha value is -1.91. The van der Waals surface area contributed by atoms with Crippen molar-refractivity contribution in [3.63, 3.8) is 0 Å². The molecule has 0 aliphatic rings. The average molecular weight is 447 g/mol. The molecule has 0 aromatic carbocycles. The van der Waals surface area contributed by atoms with Crippen molar-refractivity contribution >= 4 is 5.97 Å². The molecule has 0 heterocycles. The number of aliphatic hydroxyl groups is 2. The van der Waals surface area contributed by atoms with Crippen LogP contribution in [0.5, 0.6) is 0 Å². The summed E-state index contributed by atoms with van der Waals surface area (Å²) in [4.78, 5) is 10.4. The van der Waals surface area contributed by atoms with Crippen molar-refractivity contribution in [3.8, 4) is 0 Å². The number of hydrogen-bond donors (Lipinski definition) is 3. The van der Waals surface area contributed by atoms with Gasteiger partial charge in [-0.15, -0.1) is 0 Å². The van der Waals surface area contributed by atoms with E-state index in [1.165, 1.54) is 44.9 Å². The lowest BCUT2D eigenvalue weighted by molar-refractivity contribution is -0.136. The molecule has 0 aliphatic carbocycles. The minimum Gasteiger partial charge on any atom is -0.481 e. The van der Waals surface area contributed by atoms with Crippen LogP contribution in [0, 0.1) is 0 Å². The van der Waals surface area contributed by atoms with Crippen molar-refractivity contribution < 1.29 is 20.1 Å². The molecule has 4 heteroatoms. The van der Waals surface area contributed by atoms with Crippen LogP contribution < -0.4 is 0 Å². The Balaban J connectivity index is 3.65.